The van der Waals surface area contributed by atoms with E-state index in [0.29, 0.717) is 17.3 Å². The smallest absolute Gasteiger partial charge is 0.319 e. The van der Waals surface area contributed by atoms with Gasteiger partial charge in [-0.05, 0) is 54.8 Å². The molecule has 3 rings (SSSR count). The highest BCUT2D eigenvalue weighted by Gasteiger charge is 2.34. The summed E-state index contributed by atoms with van der Waals surface area (Å²) in [7, 11) is -1.88. The van der Waals surface area contributed by atoms with Gasteiger partial charge >= 0.3 is 6.03 Å². The molecular formula is C18H20ClN3O3S. The lowest BCUT2D eigenvalue weighted by Crippen LogP contribution is -2.29. The van der Waals surface area contributed by atoms with Crippen LogP contribution in [0.4, 0.5) is 10.5 Å². The summed E-state index contributed by atoms with van der Waals surface area (Å²) in [6.07, 6.45) is 1.81. The zero-order valence-electron chi connectivity index (χ0n) is 14.3. The maximum absolute atomic E-state index is 12.4. The molecule has 2 aromatic rings. The number of rotatable bonds is 6. The number of halogens is 1. The number of urea groups is 1. The number of hydrogen-bond donors (Lipinski definition) is 2. The SMILES string of the molecule is CN(C1CC1)S(=O)(=O)c1ccc(NC(=O)NCc2ccc(Cl)cc2)cc1. The highest BCUT2D eigenvalue weighted by molar-refractivity contribution is 7.89. The van der Waals surface area contributed by atoms with Crippen LogP contribution in [-0.4, -0.2) is 31.8 Å². The maximum atomic E-state index is 12.4. The summed E-state index contributed by atoms with van der Waals surface area (Å²) in [5, 5.41) is 6.05. The third-order valence-corrected chi connectivity index (χ3v) is 6.39. The molecule has 26 heavy (non-hydrogen) atoms. The van der Waals surface area contributed by atoms with Crippen LogP contribution in [-0.2, 0) is 16.6 Å². The Balaban J connectivity index is 1.56. The van der Waals surface area contributed by atoms with E-state index in [1.165, 1.54) is 16.4 Å². The van der Waals surface area contributed by atoms with Crippen LogP contribution in [0.2, 0.25) is 5.02 Å². The van der Waals surface area contributed by atoms with E-state index in [9.17, 15) is 13.2 Å². The lowest BCUT2D eigenvalue weighted by atomic mass is 10.2. The average molecular weight is 394 g/mol. The van der Waals surface area contributed by atoms with Crippen molar-refractivity contribution in [3.8, 4) is 0 Å². The Kier molecular flexibility index (Phi) is 5.50. The van der Waals surface area contributed by atoms with Gasteiger partial charge in [0.05, 0.1) is 4.90 Å². The number of nitrogens with one attached hydrogen (secondary N) is 2. The first kappa shape index (κ1) is 18.7. The minimum Gasteiger partial charge on any atom is -0.334 e. The van der Waals surface area contributed by atoms with E-state index < -0.39 is 10.0 Å². The third-order valence-electron chi connectivity index (χ3n) is 4.22. The standard InChI is InChI=1S/C18H20ClN3O3S/c1-22(16-8-9-16)26(24,25)17-10-6-15(7-11-17)21-18(23)20-12-13-2-4-14(19)5-3-13/h2-7,10-11,16H,8-9,12H2,1H3,(H2,20,21,23). The van der Waals surface area contributed by atoms with Crippen LogP contribution in [0.1, 0.15) is 18.4 Å². The van der Waals surface area contributed by atoms with Gasteiger partial charge in [-0.3, -0.25) is 0 Å². The molecule has 2 aromatic carbocycles. The van der Waals surface area contributed by atoms with Gasteiger partial charge in [0.1, 0.15) is 0 Å². The monoisotopic (exact) mass is 393 g/mol. The lowest BCUT2D eigenvalue weighted by molar-refractivity contribution is 0.251. The van der Waals surface area contributed by atoms with Crippen LogP contribution in [0, 0.1) is 0 Å². The molecular weight excluding hydrogens is 374 g/mol. The Hall–Kier alpha value is -2.09. The fourth-order valence-corrected chi connectivity index (χ4v) is 4.01. The van der Waals surface area contributed by atoms with Crippen LogP contribution >= 0.6 is 11.6 Å². The molecule has 1 saturated carbocycles. The fourth-order valence-electron chi connectivity index (χ4n) is 2.47. The molecule has 0 spiro atoms. The summed E-state index contributed by atoms with van der Waals surface area (Å²) in [5.41, 5.74) is 1.45. The average Bonchev–Trinajstić information content (AvgIpc) is 3.46. The van der Waals surface area contributed by atoms with Gasteiger partial charge in [0.15, 0.2) is 0 Å². The first-order valence-electron chi connectivity index (χ1n) is 8.23. The molecule has 0 saturated heterocycles. The van der Waals surface area contributed by atoms with E-state index in [4.69, 9.17) is 11.6 Å². The molecule has 0 heterocycles. The van der Waals surface area contributed by atoms with Crippen molar-refractivity contribution in [1.82, 2.24) is 9.62 Å². The zero-order chi connectivity index (χ0) is 18.7. The van der Waals surface area contributed by atoms with Crippen LogP contribution in [0.25, 0.3) is 0 Å². The summed E-state index contributed by atoms with van der Waals surface area (Å²) < 4.78 is 26.3. The largest absolute Gasteiger partial charge is 0.334 e. The number of carbonyl (C=O) groups excluding carboxylic acids is 1. The molecule has 2 amide bonds. The van der Waals surface area contributed by atoms with Crippen molar-refractivity contribution in [2.24, 2.45) is 0 Å². The minimum absolute atomic E-state index is 0.108. The number of sulfonamides is 1. The van der Waals surface area contributed by atoms with Crippen molar-refractivity contribution in [2.45, 2.75) is 30.3 Å². The van der Waals surface area contributed by atoms with Gasteiger partial charge in [-0.2, -0.15) is 4.31 Å². The number of amides is 2. The third kappa shape index (κ3) is 4.55. The van der Waals surface area contributed by atoms with Gasteiger partial charge in [-0.1, -0.05) is 23.7 Å². The van der Waals surface area contributed by atoms with Crippen molar-refractivity contribution in [2.75, 3.05) is 12.4 Å². The number of carbonyl (C=O) groups is 1. The van der Waals surface area contributed by atoms with E-state index in [1.54, 1.807) is 31.3 Å². The maximum Gasteiger partial charge on any atom is 0.319 e. The lowest BCUT2D eigenvalue weighted by Gasteiger charge is -2.16. The van der Waals surface area contributed by atoms with E-state index >= 15 is 0 Å². The summed E-state index contributed by atoms with van der Waals surface area (Å²) >= 11 is 5.82. The van der Waals surface area contributed by atoms with Crippen molar-refractivity contribution in [1.29, 1.82) is 0 Å². The first-order valence-corrected chi connectivity index (χ1v) is 10.1. The van der Waals surface area contributed by atoms with Gasteiger partial charge in [-0.15, -0.1) is 0 Å². The topological polar surface area (TPSA) is 78.5 Å². The second-order valence-corrected chi connectivity index (χ2v) is 8.64. The van der Waals surface area contributed by atoms with E-state index in [2.05, 4.69) is 10.6 Å². The molecule has 0 unspecified atom stereocenters. The second kappa shape index (κ2) is 7.65. The molecule has 0 radical (unpaired) electrons. The molecule has 0 atom stereocenters. The highest BCUT2D eigenvalue weighted by atomic mass is 35.5. The molecule has 0 aliphatic heterocycles. The van der Waals surface area contributed by atoms with E-state index in [1.807, 2.05) is 12.1 Å². The number of anilines is 1. The molecule has 0 bridgehead atoms. The normalized spacial score (nSPS) is 14.3. The van der Waals surface area contributed by atoms with Crippen LogP contribution in [0.3, 0.4) is 0 Å². The van der Waals surface area contributed by atoms with Gasteiger partial charge in [0.2, 0.25) is 10.0 Å². The molecule has 8 heteroatoms. The number of hydrogen-bond acceptors (Lipinski definition) is 3. The number of benzene rings is 2. The fraction of sp³-hybridized carbons (Fsp3) is 0.278. The Bertz CT molecular complexity index is 879. The zero-order valence-corrected chi connectivity index (χ0v) is 15.8. The van der Waals surface area contributed by atoms with Crippen molar-refractivity contribution < 1.29 is 13.2 Å². The highest BCUT2D eigenvalue weighted by Crippen LogP contribution is 2.30. The van der Waals surface area contributed by atoms with Gasteiger partial charge < -0.3 is 10.6 Å². The molecule has 1 aliphatic rings. The van der Waals surface area contributed by atoms with Gasteiger partial charge in [0.25, 0.3) is 0 Å². The predicted molar refractivity (Wildman–Crippen MR) is 102 cm³/mol. The van der Waals surface area contributed by atoms with Crippen LogP contribution in [0.5, 0.6) is 0 Å². The molecule has 1 aliphatic carbocycles. The summed E-state index contributed by atoms with van der Waals surface area (Å²) in [6.45, 7) is 0.363. The Labute approximate surface area is 158 Å². The van der Waals surface area contributed by atoms with E-state index in [-0.39, 0.29) is 17.0 Å². The molecule has 1 fully saturated rings. The molecule has 138 valence electrons. The number of nitrogens with zero attached hydrogens (tertiary/aromatic N) is 1. The van der Waals surface area contributed by atoms with Crippen molar-refractivity contribution >= 4 is 33.3 Å². The molecule has 6 nitrogen and oxygen atoms in total. The Morgan fingerprint density at radius 3 is 2.31 bits per heavy atom. The van der Waals surface area contributed by atoms with Crippen molar-refractivity contribution in [3.63, 3.8) is 0 Å². The van der Waals surface area contributed by atoms with Gasteiger partial charge in [-0.25, -0.2) is 13.2 Å². The van der Waals surface area contributed by atoms with Crippen molar-refractivity contribution in [3.05, 3.63) is 59.1 Å². The van der Waals surface area contributed by atoms with E-state index in [0.717, 1.165) is 18.4 Å². The summed E-state index contributed by atoms with van der Waals surface area (Å²) in [6, 6.07) is 13.1. The Morgan fingerprint density at radius 1 is 1.12 bits per heavy atom. The summed E-state index contributed by atoms with van der Waals surface area (Å²) in [5.74, 6) is 0. The Morgan fingerprint density at radius 2 is 1.73 bits per heavy atom. The second-order valence-electron chi connectivity index (χ2n) is 6.21. The molecule has 0 aromatic heterocycles. The minimum atomic E-state index is -3.48. The van der Waals surface area contributed by atoms with Crippen LogP contribution < -0.4 is 10.6 Å². The quantitative estimate of drug-likeness (QED) is 0.789. The predicted octanol–water partition coefficient (Wildman–Crippen LogP) is 3.44. The summed E-state index contributed by atoms with van der Waals surface area (Å²) in [4.78, 5) is 12.2. The molecule has 2 N–H and O–H groups in total. The van der Waals surface area contributed by atoms with Gasteiger partial charge in [0, 0.05) is 30.3 Å². The van der Waals surface area contributed by atoms with Crippen LogP contribution in [0.15, 0.2) is 53.4 Å². The first-order chi connectivity index (χ1) is 12.4.